The molecular weight excluding hydrogens is 216 g/mol. The average Bonchev–Trinajstić information content (AvgIpc) is 2.57. The minimum atomic E-state index is 0.580. The Kier molecular flexibility index (Phi) is 2.44. The summed E-state index contributed by atoms with van der Waals surface area (Å²) in [5, 5.41) is 3.27. The molecule has 0 bridgehead atoms. The molecule has 1 aromatic heterocycles. The number of benzene rings is 1. The van der Waals surface area contributed by atoms with Crippen LogP contribution in [0.3, 0.4) is 0 Å². The molecule has 2 aromatic rings. The topological polar surface area (TPSA) is 38.9 Å². The predicted molar refractivity (Wildman–Crippen MR) is 61.7 cm³/mol. The summed E-state index contributed by atoms with van der Waals surface area (Å²) in [6, 6.07) is 5.88. The molecule has 0 aliphatic carbocycles. The summed E-state index contributed by atoms with van der Waals surface area (Å²) in [5.41, 5.74) is 8.52. The van der Waals surface area contributed by atoms with Gasteiger partial charge < -0.3 is 5.73 Å². The van der Waals surface area contributed by atoms with Crippen molar-refractivity contribution in [3.05, 3.63) is 34.2 Å². The summed E-state index contributed by atoms with van der Waals surface area (Å²) in [7, 11) is 0. The summed E-state index contributed by atoms with van der Waals surface area (Å²) in [4.78, 5) is 4.19. The Morgan fingerprint density at radius 1 is 1.43 bits per heavy atom. The molecule has 0 saturated carbocycles. The average molecular weight is 225 g/mol. The second-order valence-corrected chi connectivity index (χ2v) is 4.33. The minimum Gasteiger partial charge on any atom is -0.375 e. The van der Waals surface area contributed by atoms with Crippen molar-refractivity contribution in [3.63, 3.8) is 0 Å². The Hall–Kier alpha value is -1.06. The number of hydrogen-bond acceptors (Lipinski definition) is 3. The van der Waals surface area contributed by atoms with E-state index in [0.717, 1.165) is 21.8 Å². The monoisotopic (exact) mass is 224 g/mol. The van der Waals surface area contributed by atoms with Crippen LogP contribution in [-0.2, 0) is 0 Å². The van der Waals surface area contributed by atoms with E-state index in [-0.39, 0.29) is 0 Å². The normalized spacial score (nSPS) is 10.4. The van der Waals surface area contributed by atoms with Crippen LogP contribution in [0.25, 0.3) is 11.3 Å². The predicted octanol–water partition coefficient (Wildman–Crippen LogP) is 3.35. The number of nitrogens with zero attached hydrogens (tertiary/aromatic N) is 1. The van der Waals surface area contributed by atoms with Crippen molar-refractivity contribution in [2.75, 3.05) is 5.73 Å². The van der Waals surface area contributed by atoms with E-state index in [2.05, 4.69) is 4.98 Å². The van der Waals surface area contributed by atoms with Gasteiger partial charge in [-0.15, -0.1) is 11.3 Å². The third-order valence-electron chi connectivity index (χ3n) is 1.99. The Morgan fingerprint density at radius 2 is 2.21 bits per heavy atom. The Balaban J connectivity index is 2.47. The molecule has 0 amide bonds. The molecule has 0 spiro atoms. The summed E-state index contributed by atoms with van der Waals surface area (Å²) in [5.74, 6) is 0. The van der Waals surface area contributed by atoms with Gasteiger partial charge in [0.25, 0.3) is 0 Å². The maximum atomic E-state index is 6.01. The lowest BCUT2D eigenvalue weighted by atomic mass is 10.1. The van der Waals surface area contributed by atoms with E-state index < -0.39 is 0 Å². The molecule has 0 atom stereocenters. The number of rotatable bonds is 1. The molecule has 14 heavy (non-hydrogen) atoms. The number of nitrogens with two attached hydrogens (primary N) is 1. The number of anilines is 1. The van der Waals surface area contributed by atoms with Crippen molar-refractivity contribution in [1.29, 1.82) is 0 Å². The van der Waals surface area contributed by atoms with E-state index in [1.807, 2.05) is 30.5 Å². The maximum absolute atomic E-state index is 6.01. The fourth-order valence-electron chi connectivity index (χ4n) is 1.17. The molecular formula is C10H9ClN2S. The summed E-state index contributed by atoms with van der Waals surface area (Å²) < 4.78 is 0. The molecule has 2 rings (SSSR count). The number of hydrogen-bond donors (Lipinski definition) is 1. The first-order valence-corrected chi connectivity index (χ1v) is 5.40. The van der Waals surface area contributed by atoms with Crippen LogP contribution < -0.4 is 5.73 Å². The zero-order chi connectivity index (χ0) is 10.1. The van der Waals surface area contributed by atoms with Gasteiger partial charge in [0.2, 0.25) is 0 Å². The maximum Gasteiger partial charge on any atom is 0.180 e. The number of halogens is 1. The van der Waals surface area contributed by atoms with Crippen LogP contribution in [0, 0.1) is 6.92 Å². The molecule has 2 N–H and O–H groups in total. The van der Waals surface area contributed by atoms with Gasteiger partial charge in [-0.05, 0) is 18.6 Å². The van der Waals surface area contributed by atoms with Gasteiger partial charge in [-0.25, -0.2) is 4.98 Å². The fraction of sp³-hybridized carbons (Fsp3) is 0.100. The van der Waals surface area contributed by atoms with Crippen molar-refractivity contribution >= 4 is 28.1 Å². The lowest BCUT2D eigenvalue weighted by Crippen LogP contribution is -1.83. The minimum absolute atomic E-state index is 0.580. The first-order valence-electron chi connectivity index (χ1n) is 4.14. The molecule has 0 unspecified atom stereocenters. The van der Waals surface area contributed by atoms with Crippen LogP contribution >= 0.6 is 22.9 Å². The molecule has 1 aromatic carbocycles. The van der Waals surface area contributed by atoms with Crippen molar-refractivity contribution in [3.8, 4) is 11.3 Å². The third kappa shape index (κ3) is 1.74. The fourth-order valence-corrected chi connectivity index (χ4v) is 1.93. The van der Waals surface area contributed by atoms with E-state index in [4.69, 9.17) is 17.3 Å². The van der Waals surface area contributed by atoms with E-state index in [0.29, 0.717) is 5.13 Å². The largest absolute Gasteiger partial charge is 0.375 e. The van der Waals surface area contributed by atoms with Gasteiger partial charge in [0.05, 0.1) is 5.69 Å². The van der Waals surface area contributed by atoms with Gasteiger partial charge in [-0.2, -0.15) is 0 Å². The van der Waals surface area contributed by atoms with Gasteiger partial charge >= 0.3 is 0 Å². The zero-order valence-electron chi connectivity index (χ0n) is 7.62. The lowest BCUT2D eigenvalue weighted by molar-refractivity contribution is 1.39. The SMILES string of the molecule is Cc1ccc(-c2csc(N)n2)cc1Cl. The molecule has 2 nitrogen and oxygen atoms in total. The summed E-state index contributed by atoms with van der Waals surface area (Å²) >= 11 is 7.45. The van der Waals surface area contributed by atoms with Crippen LogP contribution in [0.1, 0.15) is 5.56 Å². The quantitative estimate of drug-likeness (QED) is 0.807. The standard InChI is InChI=1S/C10H9ClN2S/c1-6-2-3-7(4-8(6)11)9-5-14-10(12)13-9/h2-5H,1H3,(H2,12,13). The number of thiazole rings is 1. The second-order valence-electron chi connectivity index (χ2n) is 3.03. The van der Waals surface area contributed by atoms with E-state index in [1.54, 1.807) is 0 Å². The molecule has 72 valence electrons. The second kappa shape index (κ2) is 3.59. The molecule has 0 saturated heterocycles. The number of aromatic nitrogens is 1. The molecule has 0 aliphatic rings. The van der Waals surface area contributed by atoms with Crippen LogP contribution in [0.4, 0.5) is 5.13 Å². The number of nitrogen functional groups attached to an aromatic ring is 1. The van der Waals surface area contributed by atoms with Gasteiger partial charge in [0.15, 0.2) is 5.13 Å². The molecule has 0 radical (unpaired) electrons. The Labute approximate surface area is 91.4 Å². The Bertz CT molecular complexity index is 465. The highest BCUT2D eigenvalue weighted by molar-refractivity contribution is 7.13. The van der Waals surface area contributed by atoms with Crippen LogP contribution in [0.5, 0.6) is 0 Å². The lowest BCUT2D eigenvalue weighted by Gasteiger charge is -2.00. The first-order chi connectivity index (χ1) is 6.66. The van der Waals surface area contributed by atoms with Crippen molar-refractivity contribution in [1.82, 2.24) is 4.98 Å². The van der Waals surface area contributed by atoms with Gasteiger partial charge in [-0.1, -0.05) is 23.7 Å². The van der Waals surface area contributed by atoms with Crippen molar-refractivity contribution in [2.45, 2.75) is 6.92 Å². The highest BCUT2D eigenvalue weighted by Gasteiger charge is 2.03. The molecule has 4 heteroatoms. The third-order valence-corrected chi connectivity index (χ3v) is 3.07. The van der Waals surface area contributed by atoms with Crippen LogP contribution in [-0.4, -0.2) is 4.98 Å². The van der Waals surface area contributed by atoms with Gasteiger partial charge in [0, 0.05) is 16.0 Å². The summed E-state index contributed by atoms with van der Waals surface area (Å²) in [6.07, 6.45) is 0. The Morgan fingerprint density at radius 3 is 2.79 bits per heavy atom. The van der Waals surface area contributed by atoms with Crippen LogP contribution in [0.15, 0.2) is 23.6 Å². The molecule has 1 heterocycles. The highest BCUT2D eigenvalue weighted by atomic mass is 35.5. The summed E-state index contributed by atoms with van der Waals surface area (Å²) in [6.45, 7) is 1.97. The molecule has 0 fully saturated rings. The van der Waals surface area contributed by atoms with Crippen molar-refractivity contribution < 1.29 is 0 Å². The van der Waals surface area contributed by atoms with Crippen LogP contribution in [0.2, 0.25) is 5.02 Å². The van der Waals surface area contributed by atoms with Gasteiger partial charge in [-0.3, -0.25) is 0 Å². The first kappa shape index (κ1) is 9.49. The van der Waals surface area contributed by atoms with Gasteiger partial charge in [0.1, 0.15) is 0 Å². The van der Waals surface area contributed by atoms with Crippen molar-refractivity contribution in [2.24, 2.45) is 0 Å². The smallest absolute Gasteiger partial charge is 0.180 e. The molecule has 0 aliphatic heterocycles. The highest BCUT2D eigenvalue weighted by Crippen LogP contribution is 2.26. The van der Waals surface area contributed by atoms with E-state index in [9.17, 15) is 0 Å². The number of aryl methyl sites for hydroxylation is 1. The van der Waals surface area contributed by atoms with E-state index >= 15 is 0 Å². The van der Waals surface area contributed by atoms with E-state index in [1.165, 1.54) is 11.3 Å². The zero-order valence-corrected chi connectivity index (χ0v) is 9.19.